The monoisotopic (exact) mass is 296 g/mol. The van der Waals surface area contributed by atoms with Gasteiger partial charge in [-0.25, -0.2) is 0 Å². The van der Waals surface area contributed by atoms with E-state index in [2.05, 4.69) is 21.2 Å². The van der Waals surface area contributed by atoms with Gasteiger partial charge in [-0.1, -0.05) is 11.6 Å². The molecule has 0 spiro atoms. The van der Waals surface area contributed by atoms with Crippen LogP contribution < -0.4 is 11.1 Å². The standard InChI is InChI=1S/C13H17BrN2O/c1-8-5-6-10(14)9(7-8)13(17)16-12-4-2-3-11(12)15/h5-7,11-12H,2-4,15H2,1H3,(H,16,17). The molecule has 0 radical (unpaired) electrons. The number of hydrogen-bond donors (Lipinski definition) is 2. The van der Waals surface area contributed by atoms with E-state index in [0.717, 1.165) is 29.3 Å². The zero-order valence-electron chi connectivity index (χ0n) is 9.87. The average molecular weight is 297 g/mol. The second-order valence-electron chi connectivity index (χ2n) is 4.66. The molecular formula is C13H17BrN2O. The van der Waals surface area contributed by atoms with Crippen LogP contribution in [0.5, 0.6) is 0 Å². The lowest BCUT2D eigenvalue weighted by molar-refractivity contribution is 0.0933. The molecule has 4 heteroatoms. The first-order chi connectivity index (χ1) is 8.08. The van der Waals surface area contributed by atoms with Crippen LogP contribution in [0.1, 0.15) is 35.2 Å². The van der Waals surface area contributed by atoms with E-state index in [1.807, 2.05) is 25.1 Å². The third-order valence-electron chi connectivity index (χ3n) is 3.25. The first-order valence-electron chi connectivity index (χ1n) is 5.90. The molecule has 1 aromatic rings. The number of rotatable bonds is 2. The average Bonchev–Trinajstić information content (AvgIpc) is 2.68. The molecule has 0 aliphatic heterocycles. The molecule has 1 aliphatic rings. The van der Waals surface area contributed by atoms with Crippen molar-refractivity contribution in [1.82, 2.24) is 5.32 Å². The highest BCUT2D eigenvalue weighted by Gasteiger charge is 2.26. The summed E-state index contributed by atoms with van der Waals surface area (Å²) in [4.78, 5) is 12.1. The molecule has 0 aromatic heterocycles. The summed E-state index contributed by atoms with van der Waals surface area (Å²) in [6.07, 6.45) is 3.08. The van der Waals surface area contributed by atoms with Crippen LogP contribution in [0.25, 0.3) is 0 Å². The maximum Gasteiger partial charge on any atom is 0.252 e. The van der Waals surface area contributed by atoms with Crippen LogP contribution in [0.3, 0.4) is 0 Å². The van der Waals surface area contributed by atoms with Crippen LogP contribution >= 0.6 is 15.9 Å². The van der Waals surface area contributed by atoms with Crippen molar-refractivity contribution in [2.45, 2.75) is 38.3 Å². The van der Waals surface area contributed by atoms with Crippen molar-refractivity contribution >= 4 is 21.8 Å². The van der Waals surface area contributed by atoms with E-state index in [1.165, 1.54) is 0 Å². The lowest BCUT2D eigenvalue weighted by Gasteiger charge is -2.17. The Morgan fingerprint density at radius 2 is 2.24 bits per heavy atom. The first-order valence-corrected chi connectivity index (χ1v) is 6.70. The summed E-state index contributed by atoms with van der Waals surface area (Å²) in [7, 11) is 0. The molecule has 17 heavy (non-hydrogen) atoms. The Balaban J connectivity index is 2.11. The summed E-state index contributed by atoms with van der Waals surface area (Å²) in [5.41, 5.74) is 7.71. The van der Waals surface area contributed by atoms with Crippen molar-refractivity contribution in [2.24, 2.45) is 5.73 Å². The molecule has 0 heterocycles. The number of aryl methyl sites for hydroxylation is 1. The highest BCUT2D eigenvalue weighted by molar-refractivity contribution is 9.10. The summed E-state index contributed by atoms with van der Waals surface area (Å²) < 4.78 is 0.826. The summed E-state index contributed by atoms with van der Waals surface area (Å²) in [6, 6.07) is 5.98. The molecule has 0 bridgehead atoms. The quantitative estimate of drug-likeness (QED) is 0.880. The molecule has 2 rings (SSSR count). The molecule has 1 fully saturated rings. The van der Waals surface area contributed by atoms with Crippen LogP contribution in [0.4, 0.5) is 0 Å². The Morgan fingerprint density at radius 1 is 1.47 bits per heavy atom. The van der Waals surface area contributed by atoms with E-state index in [1.54, 1.807) is 0 Å². The minimum atomic E-state index is -0.0390. The molecule has 2 unspecified atom stereocenters. The van der Waals surface area contributed by atoms with E-state index < -0.39 is 0 Å². The lowest BCUT2D eigenvalue weighted by atomic mass is 10.1. The van der Waals surface area contributed by atoms with Crippen molar-refractivity contribution in [2.75, 3.05) is 0 Å². The van der Waals surface area contributed by atoms with Crippen molar-refractivity contribution in [1.29, 1.82) is 0 Å². The van der Waals surface area contributed by atoms with E-state index in [-0.39, 0.29) is 18.0 Å². The predicted molar refractivity (Wildman–Crippen MR) is 72.0 cm³/mol. The highest BCUT2D eigenvalue weighted by atomic mass is 79.9. The number of carbonyl (C=O) groups is 1. The first kappa shape index (κ1) is 12.6. The molecule has 1 aromatic carbocycles. The Bertz CT molecular complexity index is 433. The van der Waals surface area contributed by atoms with Crippen LogP contribution in [-0.2, 0) is 0 Å². The smallest absolute Gasteiger partial charge is 0.252 e. The normalized spacial score (nSPS) is 23.7. The third-order valence-corrected chi connectivity index (χ3v) is 3.94. The van der Waals surface area contributed by atoms with Crippen molar-refractivity contribution in [3.05, 3.63) is 33.8 Å². The zero-order valence-corrected chi connectivity index (χ0v) is 11.5. The van der Waals surface area contributed by atoms with Crippen molar-refractivity contribution < 1.29 is 4.79 Å². The fourth-order valence-corrected chi connectivity index (χ4v) is 2.65. The van der Waals surface area contributed by atoms with Gasteiger partial charge in [0.2, 0.25) is 0 Å². The minimum absolute atomic E-state index is 0.0390. The molecular weight excluding hydrogens is 280 g/mol. The minimum Gasteiger partial charge on any atom is -0.348 e. The Kier molecular flexibility index (Phi) is 3.84. The van der Waals surface area contributed by atoms with E-state index in [9.17, 15) is 4.79 Å². The molecule has 1 aliphatic carbocycles. The van der Waals surface area contributed by atoms with Gasteiger partial charge in [0.05, 0.1) is 5.56 Å². The van der Waals surface area contributed by atoms with Crippen molar-refractivity contribution in [3.63, 3.8) is 0 Å². The van der Waals surface area contributed by atoms with Gasteiger partial charge in [0.15, 0.2) is 0 Å². The Morgan fingerprint density at radius 3 is 2.88 bits per heavy atom. The maximum absolute atomic E-state index is 12.1. The van der Waals surface area contributed by atoms with E-state index in [4.69, 9.17) is 5.73 Å². The number of amides is 1. The van der Waals surface area contributed by atoms with Gasteiger partial charge in [0, 0.05) is 16.6 Å². The summed E-state index contributed by atoms with van der Waals surface area (Å²) in [5.74, 6) is -0.0390. The van der Waals surface area contributed by atoms with E-state index in [0.29, 0.717) is 5.56 Å². The molecule has 2 atom stereocenters. The summed E-state index contributed by atoms with van der Waals surface area (Å²) >= 11 is 3.40. The van der Waals surface area contributed by atoms with E-state index >= 15 is 0 Å². The molecule has 0 saturated heterocycles. The summed E-state index contributed by atoms with van der Waals surface area (Å²) in [6.45, 7) is 1.98. The SMILES string of the molecule is Cc1ccc(Br)c(C(=O)NC2CCCC2N)c1. The number of nitrogens with one attached hydrogen (secondary N) is 1. The van der Waals surface area contributed by atoms with Crippen LogP contribution in [0.15, 0.2) is 22.7 Å². The summed E-state index contributed by atoms with van der Waals surface area (Å²) in [5, 5.41) is 3.02. The predicted octanol–water partition coefficient (Wildman–Crippen LogP) is 2.37. The molecule has 1 saturated carbocycles. The zero-order chi connectivity index (χ0) is 12.4. The fourth-order valence-electron chi connectivity index (χ4n) is 2.23. The van der Waals surface area contributed by atoms with Gasteiger partial charge in [-0.15, -0.1) is 0 Å². The lowest BCUT2D eigenvalue weighted by Crippen LogP contribution is -2.44. The number of nitrogens with two attached hydrogens (primary N) is 1. The molecule has 3 N–H and O–H groups in total. The number of benzene rings is 1. The topological polar surface area (TPSA) is 55.1 Å². The van der Waals surface area contributed by atoms with Crippen LogP contribution in [0, 0.1) is 6.92 Å². The van der Waals surface area contributed by atoms with Gasteiger partial charge in [-0.2, -0.15) is 0 Å². The highest BCUT2D eigenvalue weighted by Crippen LogP contribution is 2.21. The fraction of sp³-hybridized carbons (Fsp3) is 0.462. The molecule has 3 nitrogen and oxygen atoms in total. The van der Waals surface area contributed by atoms with Gasteiger partial charge >= 0.3 is 0 Å². The maximum atomic E-state index is 12.1. The van der Waals surface area contributed by atoms with Gasteiger partial charge in [-0.3, -0.25) is 4.79 Å². The molecule has 92 valence electrons. The van der Waals surface area contributed by atoms with Gasteiger partial charge in [-0.05, 0) is 54.2 Å². The van der Waals surface area contributed by atoms with Crippen LogP contribution in [0.2, 0.25) is 0 Å². The second-order valence-corrected chi connectivity index (χ2v) is 5.51. The van der Waals surface area contributed by atoms with Crippen LogP contribution in [-0.4, -0.2) is 18.0 Å². The Hall–Kier alpha value is -0.870. The third kappa shape index (κ3) is 2.87. The number of hydrogen-bond acceptors (Lipinski definition) is 2. The van der Waals surface area contributed by atoms with Gasteiger partial charge in [0.1, 0.15) is 0 Å². The second kappa shape index (κ2) is 5.19. The largest absolute Gasteiger partial charge is 0.348 e. The Labute approximate surface area is 110 Å². The van der Waals surface area contributed by atoms with Gasteiger partial charge in [0.25, 0.3) is 5.91 Å². The van der Waals surface area contributed by atoms with Crippen molar-refractivity contribution in [3.8, 4) is 0 Å². The molecule has 1 amide bonds. The number of halogens is 1. The van der Waals surface area contributed by atoms with Gasteiger partial charge < -0.3 is 11.1 Å². The number of carbonyl (C=O) groups excluding carboxylic acids is 1.